The molecule has 8 nitrogen and oxygen atoms in total. The van der Waals surface area contributed by atoms with Gasteiger partial charge in [0.1, 0.15) is 18.3 Å². The number of nitrogens with one attached hydrogen (secondary N) is 1. The molecular weight excluding hydrogens is 586 g/mol. The number of anilines is 1. The predicted octanol–water partition coefficient (Wildman–Crippen LogP) is 5.67. The van der Waals surface area contributed by atoms with Gasteiger partial charge in [0, 0.05) is 19.5 Å². The van der Waals surface area contributed by atoms with E-state index in [1.54, 1.807) is 36.4 Å². The van der Waals surface area contributed by atoms with Crippen LogP contribution < -0.4 is 14.4 Å². The Hall–Kier alpha value is -4.63. The highest BCUT2D eigenvalue weighted by molar-refractivity contribution is 7.92. The largest absolute Gasteiger partial charge is 0.495 e. The molecular formula is C36H41N3O5S. The summed E-state index contributed by atoms with van der Waals surface area (Å²) in [6.45, 7) is 5.81. The Morgan fingerprint density at radius 3 is 2.16 bits per heavy atom. The van der Waals surface area contributed by atoms with Gasteiger partial charge in [0.25, 0.3) is 10.0 Å². The minimum Gasteiger partial charge on any atom is -0.495 e. The van der Waals surface area contributed by atoms with Gasteiger partial charge in [-0.1, -0.05) is 96.9 Å². The van der Waals surface area contributed by atoms with Gasteiger partial charge >= 0.3 is 0 Å². The van der Waals surface area contributed by atoms with E-state index in [0.29, 0.717) is 12.3 Å². The number of para-hydroxylation sites is 2. The van der Waals surface area contributed by atoms with Crippen LogP contribution in [0, 0.1) is 13.8 Å². The summed E-state index contributed by atoms with van der Waals surface area (Å²) in [7, 11) is -2.77. The minimum atomic E-state index is -4.23. The van der Waals surface area contributed by atoms with Crippen molar-refractivity contribution in [1.29, 1.82) is 0 Å². The number of hydrogen-bond acceptors (Lipinski definition) is 5. The van der Waals surface area contributed by atoms with Crippen LogP contribution in [-0.2, 0) is 32.6 Å². The zero-order valence-corrected chi connectivity index (χ0v) is 27.1. The van der Waals surface area contributed by atoms with Crippen molar-refractivity contribution in [2.45, 2.75) is 51.1 Å². The Balaban J connectivity index is 1.82. The van der Waals surface area contributed by atoms with E-state index in [9.17, 15) is 18.0 Å². The first kappa shape index (κ1) is 33.3. The van der Waals surface area contributed by atoms with Gasteiger partial charge < -0.3 is 15.0 Å². The van der Waals surface area contributed by atoms with Crippen molar-refractivity contribution in [3.8, 4) is 5.75 Å². The number of rotatable bonds is 14. The molecule has 2 amide bonds. The molecule has 0 spiro atoms. The number of sulfonamides is 1. The molecule has 4 aromatic carbocycles. The van der Waals surface area contributed by atoms with E-state index in [4.69, 9.17) is 4.74 Å². The minimum absolute atomic E-state index is 0.0403. The van der Waals surface area contributed by atoms with Crippen molar-refractivity contribution in [3.63, 3.8) is 0 Å². The number of amides is 2. The molecule has 45 heavy (non-hydrogen) atoms. The summed E-state index contributed by atoms with van der Waals surface area (Å²) in [4.78, 5) is 29.9. The Morgan fingerprint density at radius 2 is 1.49 bits per heavy atom. The van der Waals surface area contributed by atoms with Gasteiger partial charge in [-0.15, -0.1) is 0 Å². The van der Waals surface area contributed by atoms with Crippen LogP contribution >= 0.6 is 0 Å². The molecule has 1 N–H and O–H groups in total. The second-order valence-corrected chi connectivity index (χ2v) is 12.9. The fourth-order valence-corrected chi connectivity index (χ4v) is 6.54. The van der Waals surface area contributed by atoms with Gasteiger partial charge in [0.05, 0.1) is 17.7 Å². The van der Waals surface area contributed by atoms with E-state index in [0.717, 1.165) is 33.0 Å². The Morgan fingerprint density at radius 1 is 0.822 bits per heavy atom. The molecule has 0 aromatic heterocycles. The van der Waals surface area contributed by atoms with Crippen LogP contribution in [0.1, 0.15) is 35.6 Å². The molecule has 0 saturated carbocycles. The monoisotopic (exact) mass is 627 g/mol. The van der Waals surface area contributed by atoms with Crippen LogP contribution in [0.5, 0.6) is 5.75 Å². The zero-order valence-electron chi connectivity index (χ0n) is 26.3. The molecule has 236 valence electrons. The third-order valence-corrected chi connectivity index (χ3v) is 9.27. The van der Waals surface area contributed by atoms with Crippen LogP contribution in [0.2, 0.25) is 0 Å². The van der Waals surface area contributed by atoms with E-state index in [1.807, 2.05) is 75.4 Å². The molecule has 0 radical (unpaired) electrons. The second-order valence-electron chi connectivity index (χ2n) is 11.0. The van der Waals surface area contributed by atoms with E-state index < -0.39 is 28.5 Å². The lowest BCUT2D eigenvalue weighted by atomic mass is 10.0. The molecule has 4 rings (SSSR count). The highest BCUT2D eigenvalue weighted by atomic mass is 32.2. The average molecular weight is 628 g/mol. The number of aryl methyl sites for hydroxylation is 2. The Bertz CT molecular complexity index is 1690. The van der Waals surface area contributed by atoms with Crippen LogP contribution in [0.15, 0.2) is 108 Å². The summed E-state index contributed by atoms with van der Waals surface area (Å²) >= 11 is 0. The van der Waals surface area contributed by atoms with Crippen molar-refractivity contribution in [1.82, 2.24) is 10.2 Å². The van der Waals surface area contributed by atoms with Crippen LogP contribution in [0.3, 0.4) is 0 Å². The number of carbonyl (C=O) groups excluding carboxylic acids is 2. The lowest BCUT2D eigenvalue weighted by molar-refractivity contribution is -0.140. The van der Waals surface area contributed by atoms with E-state index in [-0.39, 0.29) is 29.5 Å². The van der Waals surface area contributed by atoms with Crippen LogP contribution in [0.25, 0.3) is 0 Å². The molecule has 0 bridgehead atoms. The number of carbonyl (C=O) groups is 2. The Kier molecular flexibility index (Phi) is 11.4. The molecule has 9 heteroatoms. The van der Waals surface area contributed by atoms with E-state index in [1.165, 1.54) is 24.1 Å². The third-order valence-electron chi connectivity index (χ3n) is 7.50. The second kappa shape index (κ2) is 15.4. The molecule has 0 aliphatic carbocycles. The predicted molar refractivity (Wildman–Crippen MR) is 178 cm³/mol. The fourth-order valence-electron chi connectivity index (χ4n) is 5.11. The van der Waals surface area contributed by atoms with Crippen molar-refractivity contribution >= 4 is 27.5 Å². The summed E-state index contributed by atoms with van der Waals surface area (Å²) < 4.78 is 35.1. The third kappa shape index (κ3) is 8.51. The summed E-state index contributed by atoms with van der Waals surface area (Å²) in [5, 5.41) is 2.97. The molecule has 0 aliphatic heterocycles. The molecule has 4 aromatic rings. The summed E-state index contributed by atoms with van der Waals surface area (Å²) in [5.41, 5.74) is 3.84. The highest BCUT2D eigenvalue weighted by Gasteiger charge is 2.35. The molecule has 0 unspecified atom stereocenters. The quantitative estimate of drug-likeness (QED) is 0.194. The number of nitrogens with zero attached hydrogens (tertiary/aromatic N) is 2. The standard InChI is InChI=1S/C36H41N3O5S/c1-5-22-37-36(41)33(24-29-13-7-6-8-14-29)38(25-30-15-11-12-28(3)23-30)35(40)26-39(32-16-9-10-17-34(32)44-4)45(42,43)31-20-18-27(2)19-21-31/h6-21,23,33H,5,22,24-26H2,1-4H3,(H,37,41)/t33-/m1/s1. The number of hydrogen-bond donors (Lipinski definition) is 1. The van der Waals surface area contributed by atoms with Crippen molar-refractivity contribution in [2.75, 3.05) is 24.5 Å². The first-order valence-corrected chi connectivity index (χ1v) is 16.5. The van der Waals surface area contributed by atoms with Gasteiger partial charge in [-0.2, -0.15) is 0 Å². The van der Waals surface area contributed by atoms with Crippen molar-refractivity contribution < 1.29 is 22.7 Å². The van der Waals surface area contributed by atoms with Crippen LogP contribution in [0.4, 0.5) is 5.69 Å². The van der Waals surface area contributed by atoms with Gasteiger partial charge in [-0.3, -0.25) is 13.9 Å². The summed E-state index contributed by atoms with van der Waals surface area (Å²) in [6, 6.07) is 29.5. The van der Waals surface area contributed by atoms with Crippen molar-refractivity contribution in [3.05, 3.63) is 125 Å². The smallest absolute Gasteiger partial charge is 0.264 e. The first-order valence-electron chi connectivity index (χ1n) is 15.0. The molecule has 0 fully saturated rings. The molecule has 0 heterocycles. The SMILES string of the molecule is CCCNC(=O)[C@@H](Cc1ccccc1)N(Cc1cccc(C)c1)C(=O)CN(c1ccccc1OC)S(=O)(=O)c1ccc(C)cc1. The molecule has 1 atom stereocenters. The molecule has 0 aliphatic rings. The maximum atomic E-state index is 14.6. The fraction of sp³-hybridized carbons (Fsp3) is 0.278. The van der Waals surface area contributed by atoms with Crippen LogP contribution in [-0.4, -0.2) is 51.4 Å². The maximum Gasteiger partial charge on any atom is 0.264 e. The number of benzene rings is 4. The summed E-state index contributed by atoms with van der Waals surface area (Å²) in [6.07, 6.45) is 0.985. The average Bonchev–Trinajstić information content (AvgIpc) is 3.04. The number of methoxy groups -OCH3 is 1. The topological polar surface area (TPSA) is 96.0 Å². The lowest BCUT2D eigenvalue weighted by Gasteiger charge is -2.34. The van der Waals surface area contributed by atoms with Gasteiger partial charge in [0.2, 0.25) is 11.8 Å². The Labute approximate surface area is 266 Å². The zero-order chi connectivity index (χ0) is 32.4. The highest BCUT2D eigenvalue weighted by Crippen LogP contribution is 2.32. The normalized spacial score (nSPS) is 11.8. The van der Waals surface area contributed by atoms with E-state index in [2.05, 4.69) is 5.32 Å². The summed E-state index contributed by atoms with van der Waals surface area (Å²) in [5.74, 6) is -0.523. The molecule has 0 saturated heterocycles. The maximum absolute atomic E-state index is 14.6. The van der Waals surface area contributed by atoms with Gasteiger partial charge in [-0.25, -0.2) is 8.42 Å². The van der Waals surface area contributed by atoms with Crippen molar-refractivity contribution in [2.24, 2.45) is 0 Å². The first-order chi connectivity index (χ1) is 21.6. The van der Waals surface area contributed by atoms with Gasteiger partial charge in [0.15, 0.2) is 0 Å². The van der Waals surface area contributed by atoms with Gasteiger partial charge in [-0.05, 0) is 55.7 Å². The lowest BCUT2D eigenvalue weighted by Crippen LogP contribution is -2.53. The van der Waals surface area contributed by atoms with E-state index >= 15 is 0 Å². The number of ether oxygens (including phenoxy) is 1.